The number of halogens is 1. The van der Waals surface area contributed by atoms with Crippen LogP contribution in [0.3, 0.4) is 0 Å². The molecular formula is C29H29FN4O3. The average molecular weight is 501 g/mol. The molecule has 0 unspecified atom stereocenters. The van der Waals surface area contributed by atoms with Crippen LogP contribution in [-0.4, -0.2) is 37.5 Å². The van der Waals surface area contributed by atoms with E-state index >= 15 is 0 Å². The summed E-state index contributed by atoms with van der Waals surface area (Å²) in [6.45, 7) is 3.15. The summed E-state index contributed by atoms with van der Waals surface area (Å²) in [4.78, 5) is 41.9. The van der Waals surface area contributed by atoms with Gasteiger partial charge in [-0.3, -0.25) is 14.5 Å². The summed E-state index contributed by atoms with van der Waals surface area (Å²) >= 11 is 0. The van der Waals surface area contributed by atoms with Gasteiger partial charge in [-0.2, -0.15) is 0 Å². The van der Waals surface area contributed by atoms with E-state index in [1.54, 1.807) is 6.07 Å². The van der Waals surface area contributed by atoms with E-state index in [9.17, 15) is 18.8 Å². The van der Waals surface area contributed by atoms with Gasteiger partial charge in [0.15, 0.2) is 0 Å². The van der Waals surface area contributed by atoms with Crippen LogP contribution in [0.5, 0.6) is 0 Å². The van der Waals surface area contributed by atoms with Crippen LogP contribution in [0.15, 0.2) is 60.7 Å². The lowest BCUT2D eigenvalue weighted by Crippen LogP contribution is -2.42. The van der Waals surface area contributed by atoms with E-state index in [2.05, 4.69) is 16.7 Å². The first-order valence-electron chi connectivity index (χ1n) is 12.6. The topological polar surface area (TPSA) is 81.8 Å². The molecule has 2 N–H and O–H groups in total. The van der Waals surface area contributed by atoms with E-state index in [-0.39, 0.29) is 36.8 Å². The second-order valence-corrected chi connectivity index (χ2v) is 9.39. The second kappa shape index (κ2) is 10.4. The fourth-order valence-corrected chi connectivity index (χ4v) is 5.02. The van der Waals surface area contributed by atoms with Crippen molar-refractivity contribution in [2.75, 3.05) is 29.4 Å². The lowest BCUT2D eigenvalue weighted by molar-refractivity contribution is 0.0955. The number of nitrogens with zero attached hydrogens (tertiary/aromatic N) is 2. The summed E-state index contributed by atoms with van der Waals surface area (Å²) in [7, 11) is 0. The summed E-state index contributed by atoms with van der Waals surface area (Å²) in [5.74, 6) is -1.08. The Hall–Kier alpha value is -4.20. The molecule has 0 atom stereocenters. The number of rotatable bonds is 3. The Labute approximate surface area is 215 Å². The highest BCUT2D eigenvalue weighted by molar-refractivity contribution is 6.07. The number of fused-ring (bicyclic) bond motifs is 2. The van der Waals surface area contributed by atoms with Crippen LogP contribution in [0.4, 0.5) is 20.6 Å². The monoisotopic (exact) mass is 500 g/mol. The molecule has 2 aliphatic rings. The van der Waals surface area contributed by atoms with Crippen LogP contribution in [0.2, 0.25) is 0 Å². The summed E-state index contributed by atoms with van der Waals surface area (Å²) in [5.41, 5.74) is 4.57. The Bertz CT molecular complexity index is 1370. The third kappa shape index (κ3) is 4.91. The highest BCUT2D eigenvalue weighted by atomic mass is 19.1. The van der Waals surface area contributed by atoms with Gasteiger partial charge in [0.25, 0.3) is 11.8 Å². The number of carbonyl (C=O) groups excluding carboxylic acids is 3. The van der Waals surface area contributed by atoms with Crippen molar-refractivity contribution in [3.63, 3.8) is 0 Å². The van der Waals surface area contributed by atoms with Gasteiger partial charge < -0.3 is 15.5 Å². The molecule has 3 aromatic rings. The van der Waals surface area contributed by atoms with E-state index < -0.39 is 17.8 Å². The Balaban J connectivity index is 1.31. The molecule has 0 aliphatic carbocycles. The van der Waals surface area contributed by atoms with E-state index in [4.69, 9.17) is 0 Å². The number of hydrogen-bond donors (Lipinski definition) is 2. The van der Waals surface area contributed by atoms with Crippen LogP contribution < -0.4 is 20.4 Å². The standard InChI is InChI=1S/C29H29FN4O3/c1-19-17-21(28(36)33-15-5-4-8-20-7-2-3-11-25(20)33)12-13-22(19)18-32-29(37)34-16-14-31-27(35)23-9-6-10-24(30)26(23)34/h2-3,6-7,9-13,17H,4-5,8,14-16,18H2,1H3,(H,31,35)(H,32,37). The van der Waals surface area contributed by atoms with Crippen molar-refractivity contribution in [2.24, 2.45) is 0 Å². The number of hydrogen-bond acceptors (Lipinski definition) is 3. The number of aryl methyl sites for hydroxylation is 2. The van der Waals surface area contributed by atoms with Crippen molar-refractivity contribution >= 4 is 29.2 Å². The molecule has 0 aromatic heterocycles. The number of para-hydroxylation sites is 2. The van der Waals surface area contributed by atoms with E-state index in [1.807, 2.05) is 42.2 Å². The van der Waals surface area contributed by atoms with Crippen LogP contribution in [0.1, 0.15) is 50.2 Å². The quantitative estimate of drug-likeness (QED) is 0.553. The van der Waals surface area contributed by atoms with Gasteiger partial charge in [-0.1, -0.05) is 30.3 Å². The molecule has 37 heavy (non-hydrogen) atoms. The summed E-state index contributed by atoms with van der Waals surface area (Å²) < 4.78 is 14.6. The fourth-order valence-electron chi connectivity index (χ4n) is 5.02. The minimum atomic E-state index is -0.626. The van der Waals surface area contributed by atoms with Crippen LogP contribution in [0.25, 0.3) is 0 Å². The van der Waals surface area contributed by atoms with Crippen LogP contribution in [-0.2, 0) is 13.0 Å². The van der Waals surface area contributed by atoms with Gasteiger partial charge in [0.05, 0.1) is 11.3 Å². The summed E-state index contributed by atoms with van der Waals surface area (Å²) in [5, 5.41) is 5.53. The maximum Gasteiger partial charge on any atom is 0.322 e. The Morgan fingerprint density at radius 1 is 1.00 bits per heavy atom. The smallest absolute Gasteiger partial charge is 0.322 e. The van der Waals surface area contributed by atoms with E-state index in [0.29, 0.717) is 12.1 Å². The first-order chi connectivity index (χ1) is 17.9. The Morgan fingerprint density at radius 3 is 2.68 bits per heavy atom. The zero-order chi connectivity index (χ0) is 25.9. The molecule has 4 amide bonds. The Morgan fingerprint density at radius 2 is 1.84 bits per heavy atom. The molecule has 2 heterocycles. The number of anilines is 2. The number of urea groups is 1. The van der Waals surface area contributed by atoms with Crippen molar-refractivity contribution < 1.29 is 18.8 Å². The van der Waals surface area contributed by atoms with Crippen molar-refractivity contribution in [2.45, 2.75) is 32.7 Å². The van der Waals surface area contributed by atoms with Crippen LogP contribution in [0, 0.1) is 12.7 Å². The van der Waals surface area contributed by atoms with Crippen molar-refractivity contribution in [3.05, 3.63) is 94.3 Å². The number of carbonyl (C=O) groups is 3. The highest BCUT2D eigenvalue weighted by Crippen LogP contribution is 2.29. The average Bonchev–Trinajstić information content (AvgIpc) is 3.22. The van der Waals surface area contributed by atoms with Gasteiger partial charge in [0, 0.05) is 37.4 Å². The van der Waals surface area contributed by atoms with E-state index in [1.165, 1.54) is 28.7 Å². The molecule has 0 radical (unpaired) electrons. The molecule has 3 aromatic carbocycles. The molecule has 5 rings (SSSR count). The van der Waals surface area contributed by atoms with Gasteiger partial charge in [-0.25, -0.2) is 9.18 Å². The normalized spacial score (nSPS) is 15.1. The second-order valence-electron chi connectivity index (χ2n) is 9.39. The lowest BCUT2D eigenvalue weighted by atomic mass is 10.0. The fraction of sp³-hybridized carbons (Fsp3) is 0.276. The summed E-state index contributed by atoms with van der Waals surface area (Å²) in [6, 6.07) is 17.2. The minimum Gasteiger partial charge on any atom is -0.350 e. The number of nitrogens with one attached hydrogen (secondary N) is 2. The van der Waals surface area contributed by atoms with Crippen molar-refractivity contribution in [1.82, 2.24) is 10.6 Å². The molecule has 0 saturated carbocycles. The largest absolute Gasteiger partial charge is 0.350 e. The summed E-state index contributed by atoms with van der Waals surface area (Å²) in [6.07, 6.45) is 2.96. The first-order valence-corrected chi connectivity index (χ1v) is 12.6. The van der Waals surface area contributed by atoms with Gasteiger partial charge in [-0.05, 0) is 73.2 Å². The van der Waals surface area contributed by atoms with Gasteiger partial charge >= 0.3 is 6.03 Å². The highest BCUT2D eigenvalue weighted by Gasteiger charge is 2.28. The predicted molar refractivity (Wildman–Crippen MR) is 141 cm³/mol. The van der Waals surface area contributed by atoms with Crippen molar-refractivity contribution in [1.29, 1.82) is 0 Å². The third-order valence-electron chi connectivity index (χ3n) is 6.99. The van der Waals surface area contributed by atoms with E-state index in [0.717, 1.165) is 36.1 Å². The first kappa shape index (κ1) is 24.5. The molecule has 0 bridgehead atoms. The zero-order valence-corrected chi connectivity index (χ0v) is 20.7. The van der Waals surface area contributed by atoms with Gasteiger partial charge in [0.1, 0.15) is 5.82 Å². The number of amides is 4. The molecule has 7 nitrogen and oxygen atoms in total. The molecule has 2 aliphatic heterocycles. The third-order valence-corrected chi connectivity index (χ3v) is 6.99. The molecular weight excluding hydrogens is 471 g/mol. The molecule has 0 saturated heterocycles. The molecule has 190 valence electrons. The van der Waals surface area contributed by atoms with Crippen LogP contribution >= 0.6 is 0 Å². The minimum absolute atomic E-state index is 0.0228. The zero-order valence-electron chi connectivity index (χ0n) is 20.7. The maximum absolute atomic E-state index is 14.6. The van der Waals surface area contributed by atoms with Gasteiger partial charge in [-0.15, -0.1) is 0 Å². The lowest BCUT2D eigenvalue weighted by Gasteiger charge is -2.24. The predicted octanol–water partition coefficient (Wildman–Crippen LogP) is 4.58. The van der Waals surface area contributed by atoms with Gasteiger partial charge in [0.2, 0.25) is 0 Å². The Kier molecular flexibility index (Phi) is 6.90. The maximum atomic E-state index is 14.6. The molecule has 0 spiro atoms. The SMILES string of the molecule is Cc1cc(C(=O)N2CCCCc3ccccc32)ccc1CNC(=O)N1CCNC(=O)c2cccc(F)c21. The number of benzene rings is 3. The molecule has 0 fully saturated rings. The molecule has 8 heteroatoms. The van der Waals surface area contributed by atoms with Crippen molar-refractivity contribution in [3.8, 4) is 0 Å².